The third-order valence-corrected chi connectivity index (χ3v) is 5.10. The van der Waals surface area contributed by atoms with Crippen LogP contribution in [-0.2, 0) is 33.6 Å². The second-order valence-corrected chi connectivity index (χ2v) is 7.97. The Bertz CT molecular complexity index is 818. The lowest BCUT2D eigenvalue weighted by Gasteiger charge is -2.28. The van der Waals surface area contributed by atoms with Gasteiger partial charge in [0.25, 0.3) is 0 Å². The molecule has 5 unspecified atom stereocenters. The van der Waals surface area contributed by atoms with Crippen LogP contribution in [0.5, 0.6) is 0 Å². The third-order valence-electron chi connectivity index (χ3n) is 5.10. The molecule has 0 aromatic heterocycles. The normalized spacial score (nSPS) is 14.9. The minimum atomic E-state index is -1.53. The highest BCUT2D eigenvalue weighted by Gasteiger charge is 2.33. The molecule has 15 heteroatoms. The summed E-state index contributed by atoms with van der Waals surface area (Å²) >= 11 is 0. The van der Waals surface area contributed by atoms with Crippen molar-refractivity contribution in [1.29, 1.82) is 0 Å². The topological polar surface area (TPSA) is 268 Å². The van der Waals surface area contributed by atoms with Crippen LogP contribution in [-0.4, -0.2) is 81.0 Å². The first-order chi connectivity index (χ1) is 16.2. The average Bonchev–Trinajstić information content (AvgIpc) is 2.75. The van der Waals surface area contributed by atoms with Crippen LogP contribution >= 0.6 is 0 Å². The Morgan fingerprint density at radius 3 is 1.77 bits per heavy atom. The predicted molar refractivity (Wildman–Crippen MR) is 118 cm³/mol. The van der Waals surface area contributed by atoms with E-state index in [1.807, 2.05) is 0 Å². The van der Waals surface area contributed by atoms with Crippen LogP contribution < -0.4 is 27.4 Å². The fourth-order valence-electron chi connectivity index (χ4n) is 2.86. The summed E-state index contributed by atoms with van der Waals surface area (Å²) in [4.78, 5) is 82.0. The Morgan fingerprint density at radius 2 is 1.31 bits per heavy atom. The van der Waals surface area contributed by atoms with E-state index >= 15 is 0 Å². The largest absolute Gasteiger partial charge is 0.481 e. The second-order valence-electron chi connectivity index (χ2n) is 7.97. The van der Waals surface area contributed by atoms with Crippen LogP contribution in [0.4, 0.5) is 0 Å². The Morgan fingerprint density at radius 1 is 0.771 bits per heavy atom. The average molecular weight is 504 g/mol. The highest BCUT2D eigenvalue weighted by atomic mass is 16.4. The number of hydrogen-bond donors (Lipinski definition) is 8. The van der Waals surface area contributed by atoms with Gasteiger partial charge in [0.2, 0.25) is 23.6 Å². The molecule has 0 heterocycles. The molecule has 0 bridgehead atoms. The summed E-state index contributed by atoms with van der Waals surface area (Å²) in [5, 5.41) is 33.7. The molecule has 5 atom stereocenters. The molecule has 4 amide bonds. The molecule has 0 aliphatic heterocycles. The summed E-state index contributed by atoms with van der Waals surface area (Å²) in [5.41, 5.74) is 10.6. The van der Waals surface area contributed by atoms with E-state index in [1.165, 1.54) is 0 Å². The quantitative estimate of drug-likeness (QED) is 0.103. The van der Waals surface area contributed by atoms with Crippen LogP contribution in [0, 0.1) is 5.92 Å². The fraction of sp³-hybridized carbons (Fsp3) is 0.650. The van der Waals surface area contributed by atoms with Gasteiger partial charge in [-0.05, 0) is 18.8 Å². The lowest BCUT2D eigenvalue weighted by molar-refractivity contribution is -0.143. The minimum absolute atomic E-state index is 0.280. The number of nitrogens with one attached hydrogen (secondary N) is 3. The van der Waals surface area contributed by atoms with E-state index in [2.05, 4.69) is 16.0 Å². The van der Waals surface area contributed by atoms with Gasteiger partial charge < -0.3 is 42.7 Å². The smallest absolute Gasteiger partial charge is 0.326 e. The number of carbonyl (C=O) groups excluding carboxylic acids is 4. The Labute approximate surface area is 201 Å². The number of rotatable bonds is 17. The number of hydrogen-bond acceptors (Lipinski definition) is 8. The fourth-order valence-corrected chi connectivity index (χ4v) is 2.86. The van der Waals surface area contributed by atoms with Gasteiger partial charge in [-0.2, -0.15) is 0 Å². The molecule has 198 valence electrons. The highest BCUT2D eigenvalue weighted by Crippen LogP contribution is 2.11. The van der Waals surface area contributed by atoms with Crippen molar-refractivity contribution in [2.75, 3.05) is 0 Å². The van der Waals surface area contributed by atoms with Gasteiger partial charge in [0, 0.05) is 12.8 Å². The van der Waals surface area contributed by atoms with Gasteiger partial charge in [0.1, 0.15) is 18.1 Å². The summed E-state index contributed by atoms with van der Waals surface area (Å²) in [5.74, 6) is -8.18. The molecular formula is C20H33N5O10. The van der Waals surface area contributed by atoms with Crippen molar-refractivity contribution in [2.45, 2.75) is 76.5 Å². The van der Waals surface area contributed by atoms with Crippen LogP contribution in [0.1, 0.15) is 52.4 Å². The Kier molecular flexibility index (Phi) is 13.6. The van der Waals surface area contributed by atoms with Crippen molar-refractivity contribution >= 4 is 41.5 Å². The minimum Gasteiger partial charge on any atom is -0.481 e. The summed E-state index contributed by atoms with van der Waals surface area (Å²) in [6, 6.07) is -5.70. The van der Waals surface area contributed by atoms with E-state index < -0.39 is 90.9 Å². The van der Waals surface area contributed by atoms with E-state index in [0.717, 1.165) is 0 Å². The second kappa shape index (κ2) is 15.2. The third kappa shape index (κ3) is 12.3. The van der Waals surface area contributed by atoms with Crippen LogP contribution in [0.2, 0.25) is 0 Å². The predicted octanol–water partition coefficient (Wildman–Crippen LogP) is -2.50. The number of carbonyl (C=O) groups is 7. The number of nitrogens with two attached hydrogens (primary N) is 2. The SMILES string of the molecule is CCC(C)C(NC(=O)C(CCC(N)=O)NC(=O)C(N)CC(=O)O)C(=O)NC(CCC(=O)O)C(=O)O. The standard InChI is InChI=1S/C20H33N5O10/c1-3-9(2)16(19(33)24-12(20(34)35)5-7-14(27)28)25-18(32)11(4-6-13(22)26)23-17(31)10(21)8-15(29)30/h9-12,16H,3-8,21H2,1-2H3,(H2,22,26)(H,23,31)(H,24,33)(H,25,32)(H,27,28)(H,29,30)(H,34,35). The molecule has 0 fully saturated rings. The molecule has 0 rings (SSSR count). The molecule has 0 aromatic rings. The van der Waals surface area contributed by atoms with Gasteiger partial charge in [-0.3, -0.25) is 28.8 Å². The van der Waals surface area contributed by atoms with Gasteiger partial charge in [0.05, 0.1) is 12.5 Å². The van der Waals surface area contributed by atoms with Crippen LogP contribution in [0.15, 0.2) is 0 Å². The molecule has 0 radical (unpaired) electrons. The number of primary amides is 1. The van der Waals surface area contributed by atoms with Crippen molar-refractivity contribution in [2.24, 2.45) is 17.4 Å². The zero-order valence-electron chi connectivity index (χ0n) is 19.5. The zero-order valence-corrected chi connectivity index (χ0v) is 19.5. The zero-order chi connectivity index (χ0) is 27.3. The maximum Gasteiger partial charge on any atom is 0.326 e. The molecule has 0 spiro atoms. The molecule has 0 saturated heterocycles. The van der Waals surface area contributed by atoms with Crippen molar-refractivity contribution in [3.05, 3.63) is 0 Å². The number of aliphatic carboxylic acids is 3. The van der Waals surface area contributed by atoms with Crippen molar-refractivity contribution in [1.82, 2.24) is 16.0 Å². The molecule has 0 saturated carbocycles. The molecule has 0 aliphatic carbocycles. The monoisotopic (exact) mass is 503 g/mol. The first-order valence-electron chi connectivity index (χ1n) is 10.8. The first-order valence-corrected chi connectivity index (χ1v) is 10.8. The number of carboxylic acid groups (broad SMARTS) is 3. The van der Waals surface area contributed by atoms with Gasteiger partial charge in [0.15, 0.2) is 0 Å². The van der Waals surface area contributed by atoms with E-state index in [9.17, 15) is 38.7 Å². The van der Waals surface area contributed by atoms with Crippen molar-refractivity contribution in [3.63, 3.8) is 0 Å². The van der Waals surface area contributed by atoms with E-state index in [0.29, 0.717) is 6.42 Å². The summed E-state index contributed by atoms with van der Waals surface area (Å²) < 4.78 is 0. The van der Waals surface area contributed by atoms with Crippen molar-refractivity contribution in [3.8, 4) is 0 Å². The molecular weight excluding hydrogens is 470 g/mol. The van der Waals surface area contributed by atoms with Crippen molar-refractivity contribution < 1.29 is 48.9 Å². The van der Waals surface area contributed by atoms with E-state index in [4.69, 9.17) is 21.7 Å². The van der Waals surface area contributed by atoms with Crippen LogP contribution in [0.25, 0.3) is 0 Å². The molecule has 0 aromatic carbocycles. The molecule has 10 N–H and O–H groups in total. The first kappa shape index (κ1) is 31.2. The van der Waals surface area contributed by atoms with E-state index in [1.54, 1.807) is 13.8 Å². The highest BCUT2D eigenvalue weighted by molar-refractivity contribution is 5.95. The number of carboxylic acids is 3. The lowest BCUT2D eigenvalue weighted by Crippen LogP contribution is -2.58. The van der Waals surface area contributed by atoms with E-state index in [-0.39, 0.29) is 12.8 Å². The van der Waals surface area contributed by atoms with Gasteiger partial charge in [-0.15, -0.1) is 0 Å². The van der Waals surface area contributed by atoms with Gasteiger partial charge >= 0.3 is 17.9 Å². The summed E-state index contributed by atoms with van der Waals surface area (Å²) in [6.45, 7) is 3.30. The van der Waals surface area contributed by atoms with Gasteiger partial charge in [-0.25, -0.2) is 4.79 Å². The molecule has 35 heavy (non-hydrogen) atoms. The Balaban J connectivity index is 5.63. The van der Waals surface area contributed by atoms with Gasteiger partial charge in [-0.1, -0.05) is 20.3 Å². The number of amides is 4. The summed E-state index contributed by atoms with van der Waals surface area (Å²) in [7, 11) is 0. The maximum atomic E-state index is 12.9. The Hall–Kier alpha value is -3.75. The molecule has 15 nitrogen and oxygen atoms in total. The summed E-state index contributed by atoms with van der Waals surface area (Å²) in [6.07, 6.45) is -1.87. The lowest BCUT2D eigenvalue weighted by atomic mass is 9.96. The maximum absolute atomic E-state index is 12.9. The van der Waals surface area contributed by atoms with Crippen LogP contribution in [0.3, 0.4) is 0 Å². The molecule has 0 aliphatic rings.